The molecule has 10 heteroatoms. The van der Waals surface area contributed by atoms with E-state index >= 15 is 0 Å². The van der Waals surface area contributed by atoms with Gasteiger partial charge in [-0.25, -0.2) is 12.8 Å². The molecular formula is C23H26ClFN2O5S. The van der Waals surface area contributed by atoms with Crippen molar-refractivity contribution in [3.8, 4) is 0 Å². The van der Waals surface area contributed by atoms with Crippen LogP contribution < -0.4 is 5.32 Å². The van der Waals surface area contributed by atoms with Gasteiger partial charge in [-0.1, -0.05) is 23.7 Å². The van der Waals surface area contributed by atoms with E-state index in [0.29, 0.717) is 44.3 Å². The Morgan fingerprint density at radius 1 is 1.06 bits per heavy atom. The minimum Gasteiger partial charge on any atom is -0.381 e. The lowest BCUT2D eigenvalue weighted by atomic mass is 9.74. The zero-order valence-corrected chi connectivity index (χ0v) is 19.6. The lowest BCUT2D eigenvalue weighted by molar-refractivity contribution is 0.0487. The fourth-order valence-electron chi connectivity index (χ4n) is 4.27. The number of benzene rings is 2. The van der Waals surface area contributed by atoms with Crippen LogP contribution >= 0.6 is 11.6 Å². The summed E-state index contributed by atoms with van der Waals surface area (Å²) in [7, 11) is -3.85. The summed E-state index contributed by atoms with van der Waals surface area (Å²) in [6.45, 7) is 2.33. The molecule has 0 unspecified atom stereocenters. The number of carbonyl (C=O) groups is 1. The minimum atomic E-state index is -3.85. The maximum atomic E-state index is 14.6. The van der Waals surface area contributed by atoms with Crippen molar-refractivity contribution in [1.29, 1.82) is 0 Å². The van der Waals surface area contributed by atoms with E-state index in [-0.39, 0.29) is 30.1 Å². The van der Waals surface area contributed by atoms with Crippen LogP contribution in [0.3, 0.4) is 0 Å². The number of nitrogens with one attached hydrogen (secondary N) is 1. The number of hydrogen-bond donors (Lipinski definition) is 1. The Morgan fingerprint density at radius 2 is 1.76 bits per heavy atom. The molecule has 2 fully saturated rings. The van der Waals surface area contributed by atoms with Crippen molar-refractivity contribution in [3.63, 3.8) is 0 Å². The molecule has 7 nitrogen and oxygen atoms in total. The molecule has 0 atom stereocenters. The second-order valence-corrected chi connectivity index (χ2v) is 10.6. The number of ether oxygens (including phenoxy) is 2. The standard InChI is InChI=1S/C23H26ClFN2O5S/c24-18-3-1-2-17(14-18)23(6-10-31-11-7-23)16-26-22(28)20-15-19(4-5-21(20)25)33(29,30)27-8-12-32-13-9-27/h1-5,14-15H,6-13,16H2,(H,26,28). The van der Waals surface area contributed by atoms with Gasteiger partial charge in [0.05, 0.1) is 23.7 Å². The van der Waals surface area contributed by atoms with Crippen LogP contribution in [-0.2, 0) is 24.9 Å². The van der Waals surface area contributed by atoms with Crippen LogP contribution in [0.5, 0.6) is 0 Å². The molecule has 2 aliphatic rings. The Morgan fingerprint density at radius 3 is 2.45 bits per heavy atom. The lowest BCUT2D eigenvalue weighted by Crippen LogP contribution is -2.44. The molecule has 1 N–H and O–H groups in total. The zero-order valence-electron chi connectivity index (χ0n) is 18.1. The van der Waals surface area contributed by atoms with Crippen LogP contribution in [0.2, 0.25) is 5.02 Å². The summed E-state index contributed by atoms with van der Waals surface area (Å²) >= 11 is 6.19. The molecule has 2 saturated heterocycles. The molecule has 0 aliphatic carbocycles. The van der Waals surface area contributed by atoms with Gasteiger partial charge in [-0.15, -0.1) is 0 Å². The van der Waals surface area contributed by atoms with Gasteiger partial charge in [0.25, 0.3) is 5.91 Å². The molecule has 4 rings (SSSR count). The van der Waals surface area contributed by atoms with E-state index in [1.807, 2.05) is 18.2 Å². The molecule has 0 radical (unpaired) electrons. The van der Waals surface area contributed by atoms with Gasteiger partial charge >= 0.3 is 0 Å². The van der Waals surface area contributed by atoms with Gasteiger partial charge in [-0.3, -0.25) is 4.79 Å². The molecule has 2 aromatic rings. The van der Waals surface area contributed by atoms with Gasteiger partial charge in [-0.05, 0) is 48.7 Å². The predicted octanol–water partition coefficient (Wildman–Crippen LogP) is 2.98. The van der Waals surface area contributed by atoms with E-state index in [4.69, 9.17) is 21.1 Å². The summed E-state index contributed by atoms with van der Waals surface area (Å²) in [6.07, 6.45) is 1.34. The van der Waals surface area contributed by atoms with Gasteiger partial charge in [0, 0.05) is 43.3 Å². The smallest absolute Gasteiger partial charge is 0.254 e. The zero-order chi connectivity index (χ0) is 23.5. The number of morpholine rings is 1. The first-order chi connectivity index (χ1) is 15.8. The number of rotatable bonds is 6. The Labute approximate surface area is 197 Å². The predicted molar refractivity (Wildman–Crippen MR) is 121 cm³/mol. The molecular weight excluding hydrogens is 471 g/mol. The molecule has 0 saturated carbocycles. The number of sulfonamides is 1. The van der Waals surface area contributed by atoms with Crippen LogP contribution in [0.15, 0.2) is 47.4 Å². The minimum absolute atomic E-state index is 0.119. The van der Waals surface area contributed by atoms with Crippen molar-refractivity contribution in [2.24, 2.45) is 0 Å². The van der Waals surface area contributed by atoms with E-state index in [2.05, 4.69) is 5.32 Å². The lowest BCUT2D eigenvalue weighted by Gasteiger charge is -2.38. The monoisotopic (exact) mass is 496 g/mol. The highest BCUT2D eigenvalue weighted by Crippen LogP contribution is 2.35. The van der Waals surface area contributed by atoms with E-state index in [1.165, 1.54) is 10.4 Å². The number of carbonyl (C=O) groups excluding carboxylic acids is 1. The highest BCUT2D eigenvalue weighted by Gasteiger charge is 2.35. The largest absolute Gasteiger partial charge is 0.381 e. The first-order valence-electron chi connectivity index (χ1n) is 10.8. The summed E-state index contributed by atoms with van der Waals surface area (Å²) in [5.41, 5.74) is 0.257. The molecule has 2 heterocycles. The quantitative estimate of drug-likeness (QED) is 0.664. The van der Waals surface area contributed by atoms with Crippen molar-refractivity contribution >= 4 is 27.5 Å². The Bertz CT molecular complexity index is 1120. The summed E-state index contributed by atoms with van der Waals surface area (Å²) in [4.78, 5) is 12.8. The van der Waals surface area contributed by atoms with E-state index in [9.17, 15) is 17.6 Å². The second-order valence-electron chi connectivity index (χ2n) is 8.24. The fourth-order valence-corrected chi connectivity index (χ4v) is 5.89. The summed E-state index contributed by atoms with van der Waals surface area (Å²) < 4.78 is 52.4. The highest BCUT2D eigenvalue weighted by atomic mass is 35.5. The normalized spacial score (nSPS) is 19.2. The van der Waals surface area contributed by atoms with E-state index in [0.717, 1.165) is 17.7 Å². The summed E-state index contributed by atoms with van der Waals surface area (Å²) in [5, 5.41) is 3.41. The second kappa shape index (κ2) is 10.1. The Balaban J connectivity index is 1.56. The third-order valence-corrected chi connectivity index (χ3v) is 8.39. The molecule has 33 heavy (non-hydrogen) atoms. The average molecular weight is 497 g/mol. The summed E-state index contributed by atoms with van der Waals surface area (Å²) in [6, 6.07) is 10.8. The average Bonchev–Trinajstić information content (AvgIpc) is 2.84. The van der Waals surface area contributed by atoms with Crippen molar-refractivity contribution in [3.05, 3.63) is 64.4 Å². The number of hydrogen-bond acceptors (Lipinski definition) is 5. The van der Waals surface area contributed by atoms with Crippen molar-refractivity contribution in [1.82, 2.24) is 9.62 Å². The van der Waals surface area contributed by atoms with Crippen LogP contribution in [0.25, 0.3) is 0 Å². The van der Waals surface area contributed by atoms with Crippen LogP contribution in [0.4, 0.5) is 4.39 Å². The molecule has 0 aromatic heterocycles. The van der Waals surface area contributed by atoms with Gasteiger partial charge < -0.3 is 14.8 Å². The third-order valence-electron chi connectivity index (χ3n) is 6.26. The molecule has 1 amide bonds. The van der Waals surface area contributed by atoms with Gasteiger partial charge in [0.1, 0.15) is 5.82 Å². The highest BCUT2D eigenvalue weighted by molar-refractivity contribution is 7.89. The van der Waals surface area contributed by atoms with Crippen LogP contribution in [-0.4, -0.2) is 64.7 Å². The van der Waals surface area contributed by atoms with Crippen LogP contribution in [0, 0.1) is 5.82 Å². The Kier molecular flexibility index (Phi) is 7.35. The van der Waals surface area contributed by atoms with Gasteiger partial charge in [0.2, 0.25) is 10.0 Å². The SMILES string of the molecule is O=C(NCC1(c2cccc(Cl)c2)CCOCC1)c1cc(S(=O)(=O)N2CCOCC2)ccc1F. The molecule has 2 aromatic carbocycles. The first kappa shape index (κ1) is 24.1. The maximum absolute atomic E-state index is 14.6. The van der Waals surface area contributed by atoms with E-state index < -0.39 is 27.2 Å². The maximum Gasteiger partial charge on any atom is 0.254 e. The van der Waals surface area contributed by atoms with Crippen molar-refractivity contribution in [2.75, 3.05) is 46.1 Å². The number of amides is 1. The number of halogens is 2. The molecule has 0 spiro atoms. The fraction of sp³-hybridized carbons (Fsp3) is 0.435. The first-order valence-corrected chi connectivity index (χ1v) is 12.6. The van der Waals surface area contributed by atoms with Gasteiger partial charge in [-0.2, -0.15) is 4.31 Å². The Hall–Kier alpha value is -2.04. The van der Waals surface area contributed by atoms with Crippen LogP contribution in [0.1, 0.15) is 28.8 Å². The molecule has 0 bridgehead atoms. The van der Waals surface area contributed by atoms with Crippen molar-refractivity contribution in [2.45, 2.75) is 23.2 Å². The third kappa shape index (κ3) is 5.22. The van der Waals surface area contributed by atoms with E-state index in [1.54, 1.807) is 6.07 Å². The molecule has 178 valence electrons. The topological polar surface area (TPSA) is 84.9 Å². The molecule has 2 aliphatic heterocycles. The summed E-state index contributed by atoms with van der Waals surface area (Å²) in [5.74, 6) is -1.45. The number of nitrogens with zero attached hydrogens (tertiary/aromatic N) is 1. The van der Waals surface area contributed by atoms with Gasteiger partial charge in [0.15, 0.2) is 0 Å². The van der Waals surface area contributed by atoms with Crippen molar-refractivity contribution < 1.29 is 27.1 Å².